The Morgan fingerprint density at radius 3 is 2.11 bits per heavy atom. The van der Waals surface area contributed by atoms with Gasteiger partial charge in [0.05, 0.1) is 32.0 Å². The minimum absolute atomic E-state index is 0.139. The smallest absolute Gasteiger partial charge is 0.269 e. The van der Waals surface area contributed by atoms with E-state index in [1.807, 2.05) is 0 Å². The van der Waals surface area contributed by atoms with Crippen LogP contribution in [0.2, 0.25) is 10.0 Å². The van der Waals surface area contributed by atoms with E-state index in [2.05, 4.69) is 16.2 Å². The van der Waals surface area contributed by atoms with Gasteiger partial charge in [-0.3, -0.25) is 15.6 Å². The summed E-state index contributed by atoms with van der Waals surface area (Å²) < 4.78 is 15.7. The summed E-state index contributed by atoms with van der Waals surface area (Å²) in [5.74, 6) is 0.644. The van der Waals surface area contributed by atoms with E-state index in [9.17, 15) is 4.79 Å². The molecule has 0 aliphatic rings. The van der Waals surface area contributed by atoms with Crippen LogP contribution >= 0.6 is 35.4 Å². The number of hydrogen-bond acceptors (Lipinski definition) is 5. The van der Waals surface area contributed by atoms with Crippen molar-refractivity contribution < 1.29 is 19.0 Å². The van der Waals surface area contributed by atoms with Crippen molar-refractivity contribution in [1.82, 2.24) is 10.9 Å². The summed E-state index contributed by atoms with van der Waals surface area (Å²) in [5, 5.41) is 3.88. The third-order valence-corrected chi connectivity index (χ3v) is 4.15. The molecule has 0 heterocycles. The number of benzene rings is 2. The van der Waals surface area contributed by atoms with Crippen LogP contribution in [0.25, 0.3) is 0 Å². The second-order valence-electron chi connectivity index (χ2n) is 5.07. The number of amides is 1. The number of nitrogens with one attached hydrogen (secondary N) is 3. The fraction of sp³-hybridized carbons (Fsp3) is 0.176. The van der Waals surface area contributed by atoms with E-state index in [1.54, 1.807) is 18.2 Å². The zero-order valence-corrected chi connectivity index (χ0v) is 17.0. The summed E-state index contributed by atoms with van der Waals surface area (Å²) in [6.45, 7) is 0. The van der Waals surface area contributed by atoms with Crippen LogP contribution in [-0.2, 0) is 0 Å². The van der Waals surface area contributed by atoms with Gasteiger partial charge in [0.2, 0.25) is 5.75 Å². The average molecular weight is 430 g/mol. The lowest BCUT2D eigenvalue weighted by molar-refractivity contribution is 0.0943. The van der Waals surface area contributed by atoms with Crippen molar-refractivity contribution in [2.24, 2.45) is 0 Å². The number of hydrogen-bond donors (Lipinski definition) is 3. The first-order valence-electron chi connectivity index (χ1n) is 7.52. The molecule has 2 rings (SSSR count). The van der Waals surface area contributed by atoms with Gasteiger partial charge in [0, 0.05) is 10.6 Å². The molecule has 7 nitrogen and oxygen atoms in total. The Bertz CT molecular complexity index is 839. The SMILES string of the molecule is COc1cc(C(=O)NNC(=S)Nc2ccc(Cl)cc2Cl)cc(OC)c1OC. The predicted molar refractivity (Wildman–Crippen MR) is 109 cm³/mol. The van der Waals surface area contributed by atoms with Gasteiger partial charge in [-0.1, -0.05) is 23.2 Å². The summed E-state index contributed by atoms with van der Waals surface area (Å²) in [4.78, 5) is 12.4. The molecule has 0 aromatic heterocycles. The van der Waals surface area contributed by atoms with E-state index in [0.29, 0.717) is 33.0 Å². The highest BCUT2D eigenvalue weighted by molar-refractivity contribution is 7.80. The van der Waals surface area contributed by atoms with Crippen molar-refractivity contribution in [1.29, 1.82) is 0 Å². The van der Waals surface area contributed by atoms with Gasteiger partial charge in [0.1, 0.15) is 0 Å². The number of ether oxygens (including phenoxy) is 3. The molecule has 0 radical (unpaired) electrons. The van der Waals surface area contributed by atoms with Crippen molar-refractivity contribution in [3.8, 4) is 17.2 Å². The Balaban J connectivity index is 2.05. The first kappa shape index (κ1) is 20.9. The third-order valence-electron chi connectivity index (χ3n) is 3.40. The molecule has 0 aliphatic carbocycles. The maximum absolute atomic E-state index is 12.4. The molecular formula is C17H17Cl2N3O4S. The van der Waals surface area contributed by atoms with Crippen LogP contribution in [0.3, 0.4) is 0 Å². The van der Waals surface area contributed by atoms with Crippen molar-refractivity contribution in [2.75, 3.05) is 26.6 Å². The minimum atomic E-state index is -0.458. The monoisotopic (exact) mass is 429 g/mol. The number of methoxy groups -OCH3 is 3. The zero-order valence-electron chi connectivity index (χ0n) is 14.7. The largest absolute Gasteiger partial charge is 0.493 e. The molecule has 10 heteroatoms. The van der Waals surface area contributed by atoms with Gasteiger partial charge in [0.15, 0.2) is 16.6 Å². The van der Waals surface area contributed by atoms with Gasteiger partial charge in [-0.2, -0.15) is 0 Å². The summed E-state index contributed by atoms with van der Waals surface area (Å²) in [6, 6.07) is 7.94. The first-order valence-corrected chi connectivity index (χ1v) is 8.68. The van der Waals surface area contributed by atoms with Crippen molar-refractivity contribution in [3.63, 3.8) is 0 Å². The minimum Gasteiger partial charge on any atom is -0.493 e. The maximum atomic E-state index is 12.4. The predicted octanol–water partition coefficient (Wildman–Crippen LogP) is 3.65. The van der Waals surface area contributed by atoms with Gasteiger partial charge in [-0.25, -0.2) is 0 Å². The number of rotatable bonds is 5. The van der Waals surface area contributed by atoms with E-state index in [0.717, 1.165) is 0 Å². The van der Waals surface area contributed by atoms with E-state index in [-0.39, 0.29) is 10.7 Å². The Morgan fingerprint density at radius 1 is 0.963 bits per heavy atom. The molecule has 0 fully saturated rings. The van der Waals surface area contributed by atoms with Gasteiger partial charge in [0.25, 0.3) is 5.91 Å². The first-order chi connectivity index (χ1) is 12.9. The molecule has 0 bridgehead atoms. The van der Waals surface area contributed by atoms with Crippen molar-refractivity contribution >= 4 is 52.1 Å². The normalized spacial score (nSPS) is 9.96. The van der Waals surface area contributed by atoms with E-state index in [4.69, 9.17) is 49.6 Å². The van der Waals surface area contributed by atoms with Gasteiger partial charge in [-0.15, -0.1) is 0 Å². The third kappa shape index (κ3) is 5.29. The van der Waals surface area contributed by atoms with Crippen LogP contribution in [0.5, 0.6) is 17.2 Å². The second-order valence-corrected chi connectivity index (χ2v) is 6.32. The summed E-state index contributed by atoms with van der Waals surface area (Å²) >= 11 is 17.0. The highest BCUT2D eigenvalue weighted by Gasteiger charge is 2.17. The van der Waals surface area contributed by atoms with E-state index < -0.39 is 5.91 Å². The lowest BCUT2D eigenvalue weighted by Crippen LogP contribution is -2.43. The molecule has 0 unspecified atom stereocenters. The Hall–Kier alpha value is -2.42. The molecule has 144 valence electrons. The topological polar surface area (TPSA) is 80.9 Å². The number of carbonyl (C=O) groups excluding carboxylic acids is 1. The second kappa shape index (κ2) is 9.50. The number of carbonyl (C=O) groups is 1. The van der Waals surface area contributed by atoms with E-state index in [1.165, 1.54) is 33.5 Å². The number of thiocarbonyl (C=S) groups is 1. The van der Waals surface area contributed by atoms with Crippen LogP contribution < -0.4 is 30.4 Å². The molecule has 2 aromatic carbocycles. The molecule has 1 amide bonds. The molecular weight excluding hydrogens is 413 g/mol. The number of hydrazine groups is 1. The lowest BCUT2D eigenvalue weighted by atomic mass is 10.1. The average Bonchev–Trinajstić information content (AvgIpc) is 2.66. The molecule has 0 atom stereocenters. The summed E-state index contributed by atoms with van der Waals surface area (Å²) in [5.41, 5.74) is 5.89. The highest BCUT2D eigenvalue weighted by Crippen LogP contribution is 2.38. The summed E-state index contributed by atoms with van der Waals surface area (Å²) in [6.07, 6.45) is 0. The molecule has 0 aliphatic heterocycles. The summed E-state index contributed by atoms with van der Waals surface area (Å²) in [7, 11) is 4.41. The molecule has 2 aromatic rings. The quantitative estimate of drug-likeness (QED) is 0.494. The van der Waals surface area contributed by atoms with Gasteiger partial charge < -0.3 is 19.5 Å². The maximum Gasteiger partial charge on any atom is 0.269 e. The van der Waals surface area contributed by atoms with Crippen molar-refractivity contribution in [2.45, 2.75) is 0 Å². The van der Waals surface area contributed by atoms with Crippen LogP contribution in [0.15, 0.2) is 30.3 Å². The zero-order chi connectivity index (χ0) is 20.0. The molecule has 0 spiro atoms. The molecule has 0 saturated carbocycles. The van der Waals surface area contributed by atoms with Crippen molar-refractivity contribution in [3.05, 3.63) is 45.9 Å². The van der Waals surface area contributed by atoms with E-state index >= 15 is 0 Å². The molecule has 0 saturated heterocycles. The van der Waals surface area contributed by atoms with Crippen LogP contribution in [0, 0.1) is 0 Å². The highest BCUT2D eigenvalue weighted by atomic mass is 35.5. The van der Waals surface area contributed by atoms with Crippen LogP contribution in [-0.4, -0.2) is 32.3 Å². The Kier molecular flexibility index (Phi) is 7.35. The standard InChI is InChI=1S/C17H17Cl2N3O4S/c1-24-13-6-9(7-14(25-2)15(13)26-3)16(23)21-22-17(27)20-12-5-4-10(18)8-11(12)19/h4-8H,1-3H3,(H,21,23)(H2,20,22,27). The molecule has 3 N–H and O–H groups in total. The fourth-order valence-corrected chi connectivity index (χ4v) is 2.76. The number of halogens is 2. The Labute approximate surface area is 171 Å². The molecule has 27 heavy (non-hydrogen) atoms. The van der Waals surface area contributed by atoms with Gasteiger partial charge >= 0.3 is 0 Å². The van der Waals surface area contributed by atoms with Crippen LogP contribution in [0.1, 0.15) is 10.4 Å². The van der Waals surface area contributed by atoms with Gasteiger partial charge in [-0.05, 0) is 42.5 Å². The van der Waals surface area contributed by atoms with Crippen LogP contribution in [0.4, 0.5) is 5.69 Å². The number of anilines is 1. The fourth-order valence-electron chi connectivity index (χ4n) is 2.14. The Morgan fingerprint density at radius 2 is 1.59 bits per heavy atom. The lowest BCUT2D eigenvalue weighted by Gasteiger charge is -2.15.